The largest absolute Gasteiger partial charge is 0.379 e. The second-order valence-electron chi connectivity index (χ2n) is 5.09. The zero-order chi connectivity index (χ0) is 10.9. The van der Waals surface area contributed by atoms with Gasteiger partial charge in [0.25, 0.3) is 0 Å². The Kier molecular flexibility index (Phi) is 2.98. The Hall–Kier alpha value is -0.610. The summed E-state index contributed by atoms with van der Waals surface area (Å²) in [6.07, 6.45) is 0.924. The van der Waals surface area contributed by atoms with Gasteiger partial charge >= 0.3 is 0 Å². The summed E-state index contributed by atoms with van der Waals surface area (Å²) in [5.41, 5.74) is -0.139. The molecule has 15 heavy (non-hydrogen) atoms. The van der Waals surface area contributed by atoms with Crippen molar-refractivity contribution in [2.45, 2.75) is 25.8 Å². The van der Waals surface area contributed by atoms with E-state index in [1.54, 1.807) is 0 Å². The Morgan fingerprint density at radius 2 is 2.33 bits per heavy atom. The standard InChI is InChI=1S/C11H20N2O2/c1-8-5-12-6-9(8)10(14)13-11(2)3-4-15-7-11/h8-9,12H,3-7H2,1-2H3,(H,13,14). The van der Waals surface area contributed by atoms with E-state index in [0.29, 0.717) is 12.5 Å². The molecule has 4 heteroatoms. The summed E-state index contributed by atoms with van der Waals surface area (Å²) < 4.78 is 5.32. The Balaban J connectivity index is 1.91. The van der Waals surface area contributed by atoms with Gasteiger partial charge in [0, 0.05) is 13.2 Å². The zero-order valence-electron chi connectivity index (χ0n) is 9.51. The first-order valence-corrected chi connectivity index (χ1v) is 5.71. The second-order valence-corrected chi connectivity index (χ2v) is 5.09. The highest BCUT2D eigenvalue weighted by molar-refractivity contribution is 5.80. The Labute approximate surface area is 90.8 Å². The van der Waals surface area contributed by atoms with Gasteiger partial charge in [-0.3, -0.25) is 4.79 Å². The van der Waals surface area contributed by atoms with Crippen molar-refractivity contribution in [1.29, 1.82) is 0 Å². The molecule has 0 aromatic rings. The average molecular weight is 212 g/mol. The van der Waals surface area contributed by atoms with Crippen LogP contribution in [-0.4, -0.2) is 37.7 Å². The maximum Gasteiger partial charge on any atom is 0.225 e. The smallest absolute Gasteiger partial charge is 0.225 e. The summed E-state index contributed by atoms with van der Waals surface area (Å²) >= 11 is 0. The molecule has 2 aliphatic heterocycles. The fraction of sp³-hybridized carbons (Fsp3) is 0.909. The van der Waals surface area contributed by atoms with Crippen molar-refractivity contribution in [3.63, 3.8) is 0 Å². The van der Waals surface area contributed by atoms with E-state index in [1.165, 1.54) is 0 Å². The lowest BCUT2D eigenvalue weighted by atomic mass is 9.94. The number of carbonyl (C=O) groups is 1. The van der Waals surface area contributed by atoms with Crippen molar-refractivity contribution in [3.05, 3.63) is 0 Å². The predicted molar refractivity (Wildman–Crippen MR) is 57.5 cm³/mol. The lowest BCUT2D eigenvalue weighted by molar-refractivity contribution is -0.127. The van der Waals surface area contributed by atoms with Crippen LogP contribution in [0.15, 0.2) is 0 Å². The minimum absolute atomic E-state index is 0.127. The average Bonchev–Trinajstić information content (AvgIpc) is 2.74. The van der Waals surface area contributed by atoms with Crippen LogP contribution >= 0.6 is 0 Å². The molecule has 0 spiro atoms. The Morgan fingerprint density at radius 1 is 1.53 bits per heavy atom. The minimum atomic E-state index is -0.139. The van der Waals surface area contributed by atoms with Crippen molar-refractivity contribution in [2.24, 2.45) is 11.8 Å². The molecule has 3 atom stereocenters. The van der Waals surface area contributed by atoms with Crippen molar-refractivity contribution < 1.29 is 9.53 Å². The zero-order valence-corrected chi connectivity index (χ0v) is 9.51. The highest BCUT2D eigenvalue weighted by Crippen LogP contribution is 2.21. The summed E-state index contributed by atoms with van der Waals surface area (Å²) in [6, 6.07) is 0. The van der Waals surface area contributed by atoms with Gasteiger partial charge in [-0.2, -0.15) is 0 Å². The molecule has 2 saturated heterocycles. The molecule has 0 aliphatic carbocycles. The lowest BCUT2D eigenvalue weighted by Gasteiger charge is -2.26. The quantitative estimate of drug-likeness (QED) is 0.684. The number of nitrogens with one attached hydrogen (secondary N) is 2. The first-order chi connectivity index (χ1) is 7.11. The third-order valence-electron chi connectivity index (χ3n) is 3.50. The van der Waals surface area contributed by atoms with Crippen LogP contribution in [0.1, 0.15) is 20.3 Å². The number of carbonyl (C=O) groups excluding carboxylic acids is 1. The molecule has 2 aliphatic rings. The topological polar surface area (TPSA) is 50.4 Å². The van der Waals surface area contributed by atoms with Crippen molar-refractivity contribution >= 4 is 5.91 Å². The van der Waals surface area contributed by atoms with E-state index < -0.39 is 0 Å². The van der Waals surface area contributed by atoms with E-state index in [4.69, 9.17) is 4.74 Å². The van der Waals surface area contributed by atoms with Gasteiger partial charge in [0.15, 0.2) is 0 Å². The van der Waals surface area contributed by atoms with E-state index in [-0.39, 0.29) is 17.4 Å². The van der Waals surface area contributed by atoms with Crippen molar-refractivity contribution in [3.8, 4) is 0 Å². The van der Waals surface area contributed by atoms with Gasteiger partial charge < -0.3 is 15.4 Å². The molecule has 3 unspecified atom stereocenters. The van der Waals surface area contributed by atoms with Crippen LogP contribution in [-0.2, 0) is 9.53 Å². The van der Waals surface area contributed by atoms with Crippen LogP contribution in [0.4, 0.5) is 0 Å². The molecule has 4 nitrogen and oxygen atoms in total. The summed E-state index contributed by atoms with van der Waals surface area (Å²) in [5.74, 6) is 0.749. The maximum absolute atomic E-state index is 12.0. The summed E-state index contributed by atoms with van der Waals surface area (Å²) in [6.45, 7) is 7.35. The van der Waals surface area contributed by atoms with Crippen LogP contribution in [0.3, 0.4) is 0 Å². The van der Waals surface area contributed by atoms with Gasteiger partial charge in [0.1, 0.15) is 0 Å². The third-order valence-corrected chi connectivity index (χ3v) is 3.50. The summed E-state index contributed by atoms with van der Waals surface area (Å²) in [7, 11) is 0. The van der Waals surface area contributed by atoms with Gasteiger partial charge in [-0.25, -0.2) is 0 Å². The minimum Gasteiger partial charge on any atom is -0.379 e. The van der Waals surface area contributed by atoms with Gasteiger partial charge in [-0.15, -0.1) is 0 Å². The Morgan fingerprint density at radius 3 is 2.87 bits per heavy atom. The molecule has 0 saturated carbocycles. The van der Waals surface area contributed by atoms with Crippen LogP contribution in [0.5, 0.6) is 0 Å². The number of hydrogen-bond acceptors (Lipinski definition) is 3. The van der Waals surface area contributed by atoms with E-state index in [2.05, 4.69) is 24.5 Å². The fourth-order valence-corrected chi connectivity index (χ4v) is 2.32. The molecule has 0 aromatic carbocycles. The fourth-order valence-electron chi connectivity index (χ4n) is 2.32. The normalized spacial score (nSPS) is 40.7. The molecule has 2 rings (SSSR count). The van der Waals surface area contributed by atoms with E-state index in [9.17, 15) is 4.79 Å². The molecule has 2 N–H and O–H groups in total. The summed E-state index contributed by atoms with van der Waals surface area (Å²) in [4.78, 5) is 12.0. The maximum atomic E-state index is 12.0. The number of amides is 1. The number of hydrogen-bond donors (Lipinski definition) is 2. The molecule has 86 valence electrons. The van der Waals surface area contributed by atoms with Gasteiger partial charge in [-0.05, 0) is 25.8 Å². The molecule has 0 aromatic heterocycles. The third kappa shape index (κ3) is 2.32. The number of ether oxygens (including phenoxy) is 1. The van der Waals surface area contributed by atoms with E-state index in [1.807, 2.05) is 0 Å². The van der Waals surface area contributed by atoms with Crippen molar-refractivity contribution in [2.75, 3.05) is 26.3 Å². The molecule has 0 radical (unpaired) electrons. The molecule has 1 amide bonds. The Bertz CT molecular complexity index is 249. The van der Waals surface area contributed by atoms with Crippen LogP contribution in [0.25, 0.3) is 0 Å². The highest BCUT2D eigenvalue weighted by atomic mass is 16.5. The van der Waals surface area contributed by atoms with E-state index in [0.717, 1.165) is 26.1 Å². The first-order valence-electron chi connectivity index (χ1n) is 5.71. The van der Waals surface area contributed by atoms with E-state index >= 15 is 0 Å². The number of rotatable bonds is 2. The molecule has 0 bridgehead atoms. The van der Waals surface area contributed by atoms with Crippen LogP contribution in [0.2, 0.25) is 0 Å². The van der Waals surface area contributed by atoms with Gasteiger partial charge in [-0.1, -0.05) is 6.92 Å². The van der Waals surface area contributed by atoms with Crippen molar-refractivity contribution in [1.82, 2.24) is 10.6 Å². The second kappa shape index (κ2) is 4.10. The molecule has 2 fully saturated rings. The molecule has 2 heterocycles. The van der Waals surface area contributed by atoms with Gasteiger partial charge in [0.2, 0.25) is 5.91 Å². The van der Waals surface area contributed by atoms with Crippen LogP contribution < -0.4 is 10.6 Å². The lowest BCUT2D eigenvalue weighted by Crippen LogP contribution is -2.49. The van der Waals surface area contributed by atoms with Crippen LogP contribution in [0, 0.1) is 11.8 Å². The van der Waals surface area contributed by atoms with Gasteiger partial charge in [0.05, 0.1) is 18.1 Å². The SMILES string of the molecule is CC1CNCC1C(=O)NC1(C)CCOC1. The monoisotopic (exact) mass is 212 g/mol. The summed E-state index contributed by atoms with van der Waals surface area (Å²) in [5, 5.41) is 6.37. The molecular formula is C11H20N2O2. The first kappa shape index (κ1) is 10.9. The molecular weight excluding hydrogens is 192 g/mol. The highest BCUT2D eigenvalue weighted by Gasteiger charge is 2.36. The predicted octanol–water partition coefficient (Wildman–Crippen LogP) is 0.137.